The summed E-state index contributed by atoms with van der Waals surface area (Å²) >= 11 is 1.55. The third kappa shape index (κ3) is 7.63. The van der Waals surface area contributed by atoms with Crippen molar-refractivity contribution in [1.29, 1.82) is 0 Å². The lowest BCUT2D eigenvalue weighted by molar-refractivity contribution is -0.137. The summed E-state index contributed by atoms with van der Waals surface area (Å²) in [5, 5.41) is 17.6. The van der Waals surface area contributed by atoms with E-state index in [0.29, 0.717) is 53.4 Å². The van der Waals surface area contributed by atoms with Crippen molar-refractivity contribution < 1.29 is 33.7 Å². The van der Waals surface area contributed by atoms with Crippen molar-refractivity contribution in [3.63, 3.8) is 0 Å². The maximum absolute atomic E-state index is 13.6. The Morgan fingerprint density at radius 2 is 1.83 bits per heavy atom. The van der Waals surface area contributed by atoms with Gasteiger partial charge in [-0.15, -0.1) is 0 Å². The molecule has 0 aliphatic heterocycles. The van der Waals surface area contributed by atoms with E-state index in [9.17, 15) is 19.2 Å². The van der Waals surface area contributed by atoms with Crippen molar-refractivity contribution in [3.8, 4) is 28.4 Å². The molecule has 3 rings (SSSR count). The average molecular weight is 588 g/mol. The highest BCUT2D eigenvalue weighted by Gasteiger charge is 2.30. The van der Waals surface area contributed by atoms with Crippen LogP contribution in [0.3, 0.4) is 0 Å². The lowest BCUT2D eigenvalue weighted by Gasteiger charge is -2.19. The van der Waals surface area contributed by atoms with E-state index in [-0.39, 0.29) is 30.0 Å². The topological polar surface area (TPSA) is 152 Å². The monoisotopic (exact) mass is 587 g/mol. The van der Waals surface area contributed by atoms with Crippen molar-refractivity contribution in [1.82, 2.24) is 10.6 Å². The van der Waals surface area contributed by atoms with Crippen LogP contribution in [0.25, 0.3) is 11.1 Å². The molecule has 0 aromatic heterocycles. The van der Waals surface area contributed by atoms with Crippen molar-refractivity contribution in [3.05, 3.63) is 45.6 Å². The maximum atomic E-state index is 13.6. The summed E-state index contributed by atoms with van der Waals surface area (Å²) in [5.41, 5.74) is 2.73. The number of carbonyl (C=O) groups excluding carboxylic acids is 2. The third-order valence-electron chi connectivity index (χ3n) is 6.81. The first-order chi connectivity index (χ1) is 19.6. The second kappa shape index (κ2) is 14.6. The van der Waals surface area contributed by atoms with Crippen LogP contribution in [0.2, 0.25) is 0 Å². The number of methoxy groups -OCH3 is 3. The van der Waals surface area contributed by atoms with Gasteiger partial charge in [0.1, 0.15) is 6.04 Å². The van der Waals surface area contributed by atoms with Gasteiger partial charge in [0.15, 0.2) is 11.5 Å². The highest BCUT2D eigenvalue weighted by atomic mass is 32.2. The number of ether oxygens (including phenoxy) is 3. The van der Waals surface area contributed by atoms with E-state index < -0.39 is 24.0 Å². The molecule has 222 valence electrons. The SMILES string of the molecule is COc1cc2c(c(OC)c1OC)-c1ccc(N[C@@H](CCSC)C(=O)NCCC(=O)O)c(=O)cc1[C@@H](NC(C)=O)CC2. The average Bonchev–Trinajstić information content (AvgIpc) is 3.18. The molecule has 4 N–H and O–H groups in total. The molecule has 2 aromatic carbocycles. The summed E-state index contributed by atoms with van der Waals surface area (Å²) in [6.45, 7) is 1.41. The number of amides is 2. The quantitative estimate of drug-likeness (QED) is 0.275. The Morgan fingerprint density at radius 3 is 2.44 bits per heavy atom. The standard InChI is InChI=1S/C29H37N3O8S/c1-16(33)31-20-8-6-17-14-24(38-2)27(39-3)28(40-4)26(17)18-7-9-21(23(34)15-19(18)20)32-22(11-13-41-5)29(37)30-12-10-25(35)36/h7,9,14-15,20,22H,6,8,10-13H2,1-5H3,(H,30,37)(H,31,33)(H,32,34)(H,35,36)/t20-,22-/m0/s1. The summed E-state index contributed by atoms with van der Waals surface area (Å²) in [4.78, 5) is 49.5. The molecular formula is C29H37N3O8S. The second-order valence-electron chi connectivity index (χ2n) is 9.51. The van der Waals surface area contributed by atoms with E-state index in [1.54, 1.807) is 31.0 Å². The number of carboxylic acids is 1. The molecule has 0 saturated carbocycles. The Hall–Kier alpha value is -3.93. The molecule has 41 heavy (non-hydrogen) atoms. The summed E-state index contributed by atoms with van der Waals surface area (Å²) in [6.07, 6.45) is 3.21. The molecule has 2 aromatic rings. The number of benzene rings is 1. The van der Waals surface area contributed by atoms with Crippen LogP contribution in [0.4, 0.5) is 5.69 Å². The van der Waals surface area contributed by atoms with Gasteiger partial charge < -0.3 is 35.3 Å². The van der Waals surface area contributed by atoms with Crippen LogP contribution in [0, 0.1) is 0 Å². The molecule has 0 unspecified atom stereocenters. The molecule has 1 aliphatic rings. The van der Waals surface area contributed by atoms with Crippen LogP contribution in [0.1, 0.15) is 43.4 Å². The van der Waals surface area contributed by atoms with Gasteiger partial charge in [0.25, 0.3) is 0 Å². The molecule has 0 radical (unpaired) electrons. The minimum atomic E-state index is -1.02. The zero-order valence-corrected chi connectivity index (χ0v) is 24.7. The van der Waals surface area contributed by atoms with Gasteiger partial charge in [0.05, 0.1) is 39.5 Å². The fourth-order valence-corrected chi connectivity index (χ4v) is 5.41. The van der Waals surface area contributed by atoms with Crippen molar-refractivity contribution >= 4 is 35.2 Å². The van der Waals surface area contributed by atoms with E-state index in [1.165, 1.54) is 27.2 Å². The van der Waals surface area contributed by atoms with Gasteiger partial charge in [-0.25, -0.2) is 0 Å². The number of aliphatic carboxylic acids is 1. The van der Waals surface area contributed by atoms with Gasteiger partial charge in [-0.1, -0.05) is 6.07 Å². The number of hydrogen-bond acceptors (Lipinski definition) is 9. The van der Waals surface area contributed by atoms with Crippen molar-refractivity contribution in [2.45, 2.75) is 44.7 Å². The van der Waals surface area contributed by atoms with Gasteiger partial charge in [0.2, 0.25) is 23.0 Å². The first kappa shape index (κ1) is 31.6. The summed E-state index contributed by atoms with van der Waals surface area (Å²) < 4.78 is 17.0. The maximum Gasteiger partial charge on any atom is 0.305 e. The predicted molar refractivity (Wildman–Crippen MR) is 158 cm³/mol. The lowest BCUT2D eigenvalue weighted by atomic mass is 9.95. The number of thioether (sulfide) groups is 1. The van der Waals surface area contributed by atoms with Crippen LogP contribution in [-0.2, 0) is 20.8 Å². The Bertz CT molecular complexity index is 1350. The largest absolute Gasteiger partial charge is 0.493 e. The molecule has 1 aliphatic carbocycles. The number of aryl methyl sites for hydroxylation is 1. The van der Waals surface area contributed by atoms with Gasteiger partial charge in [-0.2, -0.15) is 11.8 Å². The third-order valence-corrected chi connectivity index (χ3v) is 7.45. The number of carboxylic acid groups (broad SMARTS) is 1. The predicted octanol–water partition coefficient (Wildman–Crippen LogP) is 2.99. The normalized spacial score (nSPS) is 14.4. The molecule has 11 nitrogen and oxygen atoms in total. The Labute approximate surface area is 243 Å². The fourth-order valence-electron chi connectivity index (χ4n) is 4.93. The van der Waals surface area contributed by atoms with Crippen LogP contribution in [-0.4, -0.2) is 68.8 Å². The summed E-state index contributed by atoms with van der Waals surface area (Å²) in [5.74, 6) is 0.339. The number of fused-ring (bicyclic) bond motifs is 3. The smallest absolute Gasteiger partial charge is 0.305 e. The van der Waals surface area contributed by atoms with E-state index in [4.69, 9.17) is 19.3 Å². The molecule has 0 saturated heterocycles. The Balaban J connectivity index is 2.17. The molecule has 2 atom stereocenters. The lowest BCUT2D eigenvalue weighted by Crippen LogP contribution is -2.41. The molecule has 0 heterocycles. The van der Waals surface area contributed by atoms with Gasteiger partial charge in [0, 0.05) is 19.0 Å². The molecule has 0 bridgehead atoms. The zero-order valence-electron chi connectivity index (χ0n) is 23.9. The van der Waals surface area contributed by atoms with Crippen LogP contribution in [0.5, 0.6) is 17.2 Å². The van der Waals surface area contributed by atoms with E-state index in [1.807, 2.05) is 12.3 Å². The zero-order chi connectivity index (χ0) is 30.1. The number of rotatable bonds is 13. The minimum Gasteiger partial charge on any atom is -0.493 e. The van der Waals surface area contributed by atoms with Crippen LogP contribution >= 0.6 is 11.8 Å². The fraction of sp³-hybridized carbons (Fsp3) is 0.448. The van der Waals surface area contributed by atoms with Gasteiger partial charge in [-0.3, -0.25) is 19.2 Å². The molecule has 0 fully saturated rings. The molecule has 0 spiro atoms. The van der Waals surface area contributed by atoms with Crippen LogP contribution < -0.4 is 35.6 Å². The van der Waals surface area contributed by atoms with Gasteiger partial charge in [-0.05, 0) is 66.2 Å². The van der Waals surface area contributed by atoms with E-state index in [2.05, 4.69) is 16.0 Å². The Kier molecular flexibility index (Phi) is 11.3. The summed E-state index contributed by atoms with van der Waals surface area (Å²) in [6, 6.07) is 5.53. The Morgan fingerprint density at radius 1 is 1.10 bits per heavy atom. The summed E-state index contributed by atoms with van der Waals surface area (Å²) in [7, 11) is 4.59. The van der Waals surface area contributed by atoms with E-state index in [0.717, 1.165) is 11.1 Å². The van der Waals surface area contributed by atoms with Crippen molar-refractivity contribution in [2.75, 3.05) is 45.2 Å². The molecule has 2 amide bonds. The van der Waals surface area contributed by atoms with Crippen molar-refractivity contribution in [2.24, 2.45) is 0 Å². The minimum absolute atomic E-state index is 0.0209. The first-order valence-electron chi connectivity index (χ1n) is 13.2. The first-order valence-corrected chi connectivity index (χ1v) is 14.6. The van der Waals surface area contributed by atoms with Gasteiger partial charge >= 0.3 is 5.97 Å². The number of hydrogen-bond donors (Lipinski definition) is 4. The number of carbonyl (C=O) groups is 3. The second-order valence-corrected chi connectivity index (χ2v) is 10.5. The highest BCUT2D eigenvalue weighted by molar-refractivity contribution is 7.98. The van der Waals surface area contributed by atoms with E-state index >= 15 is 0 Å². The highest BCUT2D eigenvalue weighted by Crippen LogP contribution is 2.50. The molecular weight excluding hydrogens is 550 g/mol. The number of nitrogens with one attached hydrogen (secondary N) is 3. The molecule has 12 heteroatoms. The number of anilines is 1. The van der Waals surface area contributed by atoms with Crippen LogP contribution in [0.15, 0.2) is 29.1 Å².